The maximum absolute atomic E-state index is 12.8. The minimum absolute atomic E-state index is 0.108. The van der Waals surface area contributed by atoms with Crippen molar-refractivity contribution in [1.82, 2.24) is 9.66 Å². The number of thioether (sulfide) groups is 1. The lowest BCUT2D eigenvalue weighted by atomic mass is 9.90. The number of nitrogens with two attached hydrogens (primary N) is 1. The minimum Gasteiger partial charge on any atom is -0.334 e. The number of carbonyl (C=O) groups excluding carboxylic acids is 1. The molecule has 0 amide bonds. The van der Waals surface area contributed by atoms with Gasteiger partial charge in [-0.05, 0) is 42.9 Å². The van der Waals surface area contributed by atoms with E-state index in [4.69, 9.17) is 11.1 Å². The van der Waals surface area contributed by atoms with Gasteiger partial charge in [-0.3, -0.25) is 9.59 Å². The summed E-state index contributed by atoms with van der Waals surface area (Å²) in [6, 6.07) is 8.50. The van der Waals surface area contributed by atoms with Gasteiger partial charge in [0.25, 0.3) is 5.56 Å². The third-order valence-electron chi connectivity index (χ3n) is 5.04. The monoisotopic (exact) mass is 410 g/mol. The summed E-state index contributed by atoms with van der Waals surface area (Å²) in [7, 11) is 0. The van der Waals surface area contributed by atoms with Gasteiger partial charge in [-0.15, -0.1) is 11.3 Å². The molecular weight excluding hydrogens is 392 g/mol. The first-order valence-corrected chi connectivity index (χ1v) is 10.8. The van der Waals surface area contributed by atoms with E-state index in [1.165, 1.54) is 4.88 Å². The highest BCUT2D eigenvalue weighted by Crippen LogP contribution is 2.40. The Labute approximate surface area is 170 Å². The van der Waals surface area contributed by atoms with Crippen LogP contribution < -0.4 is 11.4 Å². The first-order chi connectivity index (χ1) is 13.5. The van der Waals surface area contributed by atoms with Crippen LogP contribution in [0.2, 0.25) is 0 Å². The molecule has 1 aliphatic rings. The number of thiophene rings is 1. The number of benzene rings is 1. The van der Waals surface area contributed by atoms with Gasteiger partial charge in [-0.2, -0.15) is 5.26 Å². The van der Waals surface area contributed by atoms with Crippen molar-refractivity contribution in [3.05, 3.63) is 56.2 Å². The van der Waals surface area contributed by atoms with E-state index in [0.717, 1.165) is 41.3 Å². The number of carbonyl (C=O) groups is 1. The van der Waals surface area contributed by atoms with E-state index < -0.39 is 0 Å². The molecule has 1 atom stereocenters. The molecule has 142 valence electrons. The van der Waals surface area contributed by atoms with Gasteiger partial charge < -0.3 is 5.84 Å². The molecule has 0 saturated heterocycles. The summed E-state index contributed by atoms with van der Waals surface area (Å²) >= 11 is 2.73. The maximum atomic E-state index is 12.8. The number of aryl methyl sites for hydroxylation is 1. The highest BCUT2D eigenvalue weighted by molar-refractivity contribution is 7.99. The van der Waals surface area contributed by atoms with Crippen molar-refractivity contribution in [1.29, 1.82) is 5.26 Å². The fraction of sp³-hybridized carbons (Fsp3) is 0.300. The van der Waals surface area contributed by atoms with Crippen molar-refractivity contribution in [2.24, 2.45) is 0 Å². The van der Waals surface area contributed by atoms with Crippen LogP contribution >= 0.6 is 23.1 Å². The van der Waals surface area contributed by atoms with Crippen LogP contribution in [0.3, 0.4) is 0 Å². The number of nitriles is 1. The number of Topliss-reactive ketones (excluding diaryl/α,β-unsaturated/α-hetero) is 1. The quantitative estimate of drug-likeness (QED) is 0.306. The second kappa shape index (κ2) is 7.41. The average Bonchev–Trinajstić information content (AvgIpc) is 3.09. The molecule has 0 aliphatic heterocycles. The van der Waals surface area contributed by atoms with Crippen LogP contribution in [0.15, 0.2) is 34.2 Å². The fourth-order valence-electron chi connectivity index (χ4n) is 3.52. The van der Waals surface area contributed by atoms with Crippen LogP contribution in [0.1, 0.15) is 52.0 Å². The van der Waals surface area contributed by atoms with Crippen molar-refractivity contribution in [2.45, 2.75) is 37.3 Å². The zero-order valence-corrected chi connectivity index (χ0v) is 16.9. The Morgan fingerprint density at radius 2 is 2.18 bits per heavy atom. The minimum atomic E-state index is -0.245. The Morgan fingerprint density at radius 1 is 1.43 bits per heavy atom. The molecule has 0 radical (unpaired) electrons. The molecule has 8 heteroatoms. The molecule has 0 saturated carbocycles. The van der Waals surface area contributed by atoms with Crippen LogP contribution in [0.4, 0.5) is 0 Å². The molecule has 1 unspecified atom stereocenters. The second-order valence-electron chi connectivity index (χ2n) is 6.89. The third-order valence-corrected chi connectivity index (χ3v) is 7.35. The molecule has 28 heavy (non-hydrogen) atoms. The molecular formula is C20H18N4O2S2. The number of nitrogen functional groups attached to an aromatic ring is 1. The predicted octanol–water partition coefficient (Wildman–Crippen LogP) is 3.46. The standard InChI is InChI=1S/C20H18N4O2S2/c1-11-3-2-4-14-16-18(28-17(11)14)23-20(24(22)19(16)26)27-10-15(25)13-7-5-12(9-21)6-8-13/h5-8,11H,2-4,10,22H2,1H3. The summed E-state index contributed by atoms with van der Waals surface area (Å²) in [6.07, 6.45) is 3.08. The Balaban J connectivity index is 1.62. The van der Waals surface area contributed by atoms with Crippen molar-refractivity contribution in [2.75, 3.05) is 11.6 Å². The molecule has 3 aromatic rings. The zero-order valence-electron chi connectivity index (χ0n) is 15.3. The van der Waals surface area contributed by atoms with Gasteiger partial charge in [-0.1, -0.05) is 30.8 Å². The topological polar surface area (TPSA) is 102 Å². The van der Waals surface area contributed by atoms with Crippen LogP contribution in [-0.2, 0) is 6.42 Å². The number of aromatic nitrogens is 2. The van der Waals surface area contributed by atoms with E-state index in [1.54, 1.807) is 35.6 Å². The predicted molar refractivity (Wildman–Crippen MR) is 112 cm³/mol. The van der Waals surface area contributed by atoms with Gasteiger partial charge in [-0.25, -0.2) is 9.66 Å². The summed E-state index contributed by atoms with van der Waals surface area (Å²) < 4.78 is 1.06. The lowest BCUT2D eigenvalue weighted by molar-refractivity contribution is 0.102. The van der Waals surface area contributed by atoms with Crippen molar-refractivity contribution >= 4 is 39.1 Å². The Kier molecular flexibility index (Phi) is 4.96. The smallest absolute Gasteiger partial charge is 0.281 e. The number of rotatable bonds is 4. The zero-order chi connectivity index (χ0) is 19.8. The first-order valence-electron chi connectivity index (χ1n) is 8.99. The number of hydrogen-bond donors (Lipinski definition) is 1. The largest absolute Gasteiger partial charge is 0.334 e. The highest BCUT2D eigenvalue weighted by atomic mass is 32.2. The van der Waals surface area contributed by atoms with E-state index in [2.05, 4.69) is 11.9 Å². The number of hydrogen-bond acceptors (Lipinski definition) is 7. The summed E-state index contributed by atoms with van der Waals surface area (Å²) in [4.78, 5) is 31.8. The summed E-state index contributed by atoms with van der Waals surface area (Å²) in [5.74, 6) is 6.45. The van der Waals surface area contributed by atoms with Crippen LogP contribution in [0.5, 0.6) is 0 Å². The maximum Gasteiger partial charge on any atom is 0.281 e. The lowest BCUT2D eigenvalue weighted by Crippen LogP contribution is -2.30. The van der Waals surface area contributed by atoms with E-state index in [-0.39, 0.29) is 17.1 Å². The molecule has 2 aromatic heterocycles. The lowest BCUT2D eigenvalue weighted by Gasteiger charge is -2.17. The Morgan fingerprint density at radius 3 is 2.89 bits per heavy atom. The molecule has 0 fully saturated rings. The molecule has 1 aromatic carbocycles. The first kappa shape index (κ1) is 18.7. The summed E-state index contributed by atoms with van der Waals surface area (Å²) in [5, 5.41) is 9.82. The molecule has 2 N–H and O–H groups in total. The van der Waals surface area contributed by atoms with Gasteiger partial charge in [0.2, 0.25) is 0 Å². The van der Waals surface area contributed by atoms with E-state index in [0.29, 0.717) is 32.4 Å². The number of nitrogens with zero attached hydrogens (tertiary/aromatic N) is 3. The molecule has 0 bridgehead atoms. The Bertz CT molecular complexity index is 1170. The number of ketones is 1. The van der Waals surface area contributed by atoms with Gasteiger partial charge in [0.15, 0.2) is 10.9 Å². The van der Waals surface area contributed by atoms with E-state index in [9.17, 15) is 9.59 Å². The van der Waals surface area contributed by atoms with Crippen molar-refractivity contribution < 1.29 is 4.79 Å². The average molecular weight is 411 g/mol. The summed E-state index contributed by atoms with van der Waals surface area (Å²) in [5.41, 5.74) is 1.87. The van der Waals surface area contributed by atoms with Crippen LogP contribution in [0.25, 0.3) is 10.2 Å². The second-order valence-corrected chi connectivity index (χ2v) is 8.86. The third kappa shape index (κ3) is 3.21. The van der Waals surface area contributed by atoms with E-state index in [1.807, 2.05) is 6.07 Å². The molecule has 2 heterocycles. The van der Waals surface area contributed by atoms with Crippen molar-refractivity contribution in [3.8, 4) is 6.07 Å². The molecule has 1 aliphatic carbocycles. The molecule has 6 nitrogen and oxygen atoms in total. The molecule has 0 spiro atoms. The number of fused-ring (bicyclic) bond motifs is 3. The van der Waals surface area contributed by atoms with Gasteiger partial charge in [0, 0.05) is 10.4 Å². The van der Waals surface area contributed by atoms with Gasteiger partial charge >= 0.3 is 0 Å². The Hall–Kier alpha value is -2.63. The van der Waals surface area contributed by atoms with Crippen LogP contribution in [0, 0.1) is 11.3 Å². The summed E-state index contributed by atoms with van der Waals surface area (Å²) in [6.45, 7) is 2.18. The fourth-order valence-corrected chi connectivity index (χ4v) is 5.69. The van der Waals surface area contributed by atoms with Gasteiger partial charge in [0.05, 0.1) is 22.8 Å². The van der Waals surface area contributed by atoms with E-state index >= 15 is 0 Å². The highest BCUT2D eigenvalue weighted by Gasteiger charge is 2.25. The normalized spacial score (nSPS) is 15.9. The van der Waals surface area contributed by atoms with Gasteiger partial charge in [0.1, 0.15) is 4.83 Å². The molecule has 4 rings (SSSR count). The SMILES string of the molecule is CC1CCCc2c1sc1nc(SCC(=O)c3ccc(C#N)cc3)n(N)c(=O)c21. The van der Waals surface area contributed by atoms with Crippen LogP contribution in [-0.4, -0.2) is 21.2 Å². The van der Waals surface area contributed by atoms with Crippen molar-refractivity contribution in [3.63, 3.8) is 0 Å².